The predicted octanol–water partition coefficient (Wildman–Crippen LogP) is 4.37. The smallest absolute Gasteiger partial charge is 0.266 e. The second kappa shape index (κ2) is 15.9. The predicted molar refractivity (Wildman–Crippen MR) is 187 cm³/mol. The average molecular weight is 695 g/mol. The molecule has 5 atom stereocenters. The van der Waals surface area contributed by atoms with Crippen LogP contribution in [0.25, 0.3) is 11.1 Å². The second-order valence-electron chi connectivity index (χ2n) is 12.9. The summed E-state index contributed by atoms with van der Waals surface area (Å²) in [5.41, 5.74) is 9.09. The summed E-state index contributed by atoms with van der Waals surface area (Å²) in [6.45, 7) is 2.82. The summed E-state index contributed by atoms with van der Waals surface area (Å²) in [4.78, 5) is 53.0. The first-order valence-electron chi connectivity index (χ1n) is 16.8. The van der Waals surface area contributed by atoms with E-state index in [1.807, 2.05) is 29.8 Å². The molecular formula is C35H43ClN6O5S. The number of benzene rings is 2. The number of nitrogens with zero attached hydrogens (tertiary/aromatic N) is 3. The summed E-state index contributed by atoms with van der Waals surface area (Å²) in [6.07, 6.45) is 3.85. The van der Waals surface area contributed by atoms with Crippen LogP contribution in [0.3, 0.4) is 0 Å². The van der Waals surface area contributed by atoms with E-state index in [2.05, 4.69) is 15.6 Å². The number of carbonyl (C=O) groups excluding carboxylic acids is 3. The van der Waals surface area contributed by atoms with Gasteiger partial charge in [0.1, 0.15) is 11.6 Å². The highest BCUT2D eigenvalue weighted by atomic mass is 35.5. The number of carbonyl (C=O) groups is 3. The van der Waals surface area contributed by atoms with Crippen LogP contribution in [-0.4, -0.2) is 88.7 Å². The molecule has 2 fully saturated rings. The first-order chi connectivity index (χ1) is 23.3. The molecule has 0 radical (unpaired) electrons. The number of thioether (sulfide) groups is 1. The molecule has 3 aliphatic rings. The number of piperidine rings is 1. The van der Waals surface area contributed by atoms with Gasteiger partial charge in [-0.05, 0) is 80.9 Å². The van der Waals surface area contributed by atoms with Crippen molar-refractivity contribution < 1.29 is 23.5 Å². The van der Waals surface area contributed by atoms with Crippen LogP contribution >= 0.6 is 23.4 Å². The van der Waals surface area contributed by atoms with Gasteiger partial charge in [-0.1, -0.05) is 35.9 Å². The molecular weight excluding hydrogens is 652 g/mol. The Morgan fingerprint density at radius 2 is 2.02 bits per heavy atom. The molecule has 3 aromatic rings. The number of likely N-dealkylation sites (tertiary alicyclic amines) is 1. The van der Waals surface area contributed by atoms with Crippen molar-refractivity contribution in [2.45, 2.75) is 75.3 Å². The SMILES string of the molecule is NCCCC[C@H](NC(=O)[C@@H]1C[C@@H](OCc2ccc(Cl)cc2)CN1C(=O)CC1([C@@H]2CCCNC2)CSC=N1)C(=O)c1nc2ccccc2o1. The number of aliphatic imine (C=N–C) groups is 1. The number of rotatable bonds is 14. The van der Waals surface area contributed by atoms with Crippen molar-refractivity contribution >= 4 is 57.6 Å². The van der Waals surface area contributed by atoms with Crippen LogP contribution in [-0.2, 0) is 20.9 Å². The summed E-state index contributed by atoms with van der Waals surface area (Å²) in [6, 6.07) is 12.8. The molecule has 0 saturated carbocycles. The van der Waals surface area contributed by atoms with Crippen molar-refractivity contribution in [1.29, 1.82) is 0 Å². The van der Waals surface area contributed by atoms with E-state index in [9.17, 15) is 14.4 Å². The fraction of sp³-hybridized carbons (Fsp3) is 0.514. The van der Waals surface area contributed by atoms with Crippen LogP contribution in [0, 0.1) is 5.92 Å². The molecule has 256 valence electrons. The van der Waals surface area contributed by atoms with Gasteiger partial charge in [-0.15, -0.1) is 11.8 Å². The van der Waals surface area contributed by atoms with E-state index in [-0.39, 0.29) is 36.8 Å². The summed E-state index contributed by atoms with van der Waals surface area (Å²) < 4.78 is 12.0. The number of oxazole rings is 1. The normalized spacial score (nSPS) is 24.6. The number of halogens is 1. The molecule has 4 N–H and O–H groups in total. The molecule has 3 aliphatic heterocycles. The van der Waals surface area contributed by atoms with Gasteiger partial charge in [0.25, 0.3) is 5.89 Å². The molecule has 2 saturated heterocycles. The topological polar surface area (TPSA) is 152 Å². The van der Waals surface area contributed by atoms with Crippen molar-refractivity contribution in [2.75, 3.05) is 31.9 Å². The molecule has 2 aromatic carbocycles. The Kier molecular flexibility index (Phi) is 11.5. The number of para-hydroxylation sites is 2. The fourth-order valence-corrected chi connectivity index (χ4v) is 8.08. The Labute approximate surface area is 289 Å². The van der Waals surface area contributed by atoms with E-state index >= 15 is 0 Å². The Hall–Kier alpha value is -3.29. The van der Waals surface area contributed by atoms with Crippen molar-refractivity contribution in [3.05, 3.63) is 65.0 Å². The molecule has 48 heavy (non-hydrogen) atoms. The average Bonchev–Trinajstić information content (AvgIpc) is 3.87. The molecule has 0 bridgehead atoms. The minimum Gasteiger partial charge on any atom is -0.434 e. The van der Waals surface area contributed by atoms with Crippen molar-refractivity contribution in [3.8, 4) is 0 Å². The van der Waals surface area contributed by atoms with Gasteiger partial charge in [0.05, 0.1) is 36.3 Å². The van der Waals surface area contributed by atoms with Gasteiger partial charge in [0.15, 0.2) is 5.58 Å². The number of fused-ring (bicyclic) bond motifs is 1. The Morgan fingerprint density at radius 1 is 1.19 bits per heavy atom. The number of ether oxygens (including phenoxy) is 1. The largest absolute Gasteiger partial charge is 0.434 e. The lowest BCUT2D eigenvalue weighted by molar-refractivity contribution is -0.140. The monoisotopic (exact) mass is 694 g/mol. The third kappa shape index (κ3) is 8.11. The van der Waals surface area contributed by atoms with Crippen LogP contribution in [0.2, 0.25) is 5.02 Å². The van der Waals surface area contributed by atoms with Gasteiger partial charge in [-0.25, -0.2) is 4.98 Å². The highest BCUT2D eigenvalue weighted by Gasteiger charge is 2.47. The van der Waals surface area contributed by atoms with Gasteiger partial charge >= 0.3 is 0 Å². The molecule has 0 aliphatic carbocycles. The van der Waals surface area contributed by atoms with E-state index in [0.717, 1.165) is 37.2 Å². The molecule has 6 rings (SSSR count). The summed E-state index contributed by atoms with van der Waals surface area (Å²) in [7, 11) is 0. The van der Waals surface area contributed by atoms with Crippen molar-refractivity contribution in [3.63, 3.8) is 0 Å². The van der Waals surface area contributed by atoms with E-state index < -0.39 is 29.3 Å². The van der Waals surface area contributed by atoms with Gasteiger partial charge < -0.3 is 30.4 Å². The number of unbranched alkanes of at least 4 members (excludes halogenated alkanes) is 1. The Morgan fingerprint density at radius 3 is 2.75 bits per heavy atom. The maximum atomic E-state index is 14.2. The van der Waals surface area contributed by atoms with Crippen LogP contribution < -0.4 is 16.4 Å². The first-order valence-corrected chi connectivity index (χ1v) is 18.2. The van der Waals surface area contributed by atoms with Crippen LogP contribution in [0.5, 0.6) is 0 Å². The first kappa shape index (κ1) is 34.6. The van der Waals surface area contributed by atoms with Crippen LogP contribution in [0.1, 0.15) is 61.2 Å². The summed E-state index contributed by atoms with van der Waals surface area (Å²) in [5, 5.41) is 7.08. The fourth-order valence-electron chi connectivity index (χ4n) is 6.89. The van der Waals surface area contributed by atoms with E-state index in [1.165, 1.54) is 0 Å². The number of Topliss-reactive ketones (excluding diaryl/α,β-unsaturated/α-hetero) is 1. The molecule has 4 heterocycles. The summed E-state index contributed by atoms with van der Waals surface area (Å²) >= 11 is 7.69. The lowest BCUT2D eigenvalue weighted by Crippen LogP contribution is -2.53. The summed E-state index contributed by atoms with van der Waals surface area (Å²) in [5.74, 6) is -0.0477. The van der Waals surface area contributed by atoms with Crippen molar-refractivity contribution in [2.24, 2.45) is 16.6 Å². The third-order valence-electron chi connectivity index (χ3n) is 9.60. The quantitative estimate of drug-likeness (QED) is 0.165. The number of hydrogen-bond donors (Lipinski definition) is 3. The van der Waals surface area contributed by atoms with E-state index in [0.29, 0.717) is 55.0 Å². The minimum absolute atomic E-state index is 0.0580. The van der Waals surface area contributed by atoms with Gasteiger partial charge in [-0.3, -0.25) is 19.4 Å². The zero-order valence-electron chi connectivity index (χ0n) is 26.9. The van der Waals surface area contributed by atoms with Gasteiger partial charge in [0.2, 0.25) is 17.6 Å². The Balaban J connectivity index is 1.21. The second-order valence-corrected chi connectivity index (χ2v) is 14.2. The van der Waals surface area contributed by atoms with Gasteiger partial charge in [0, 0.05) is 30.3 Å². The molecule has 13 heteroatoms. The molecule has 11 nitrogen and oxygen atoms in total. The zero-order chi connectivity index (χ0) is 33.5. The van der Waals surface area contributed by atoms with Gasteiger partial charge in [-0.2, -0.15) is 0 Å². The lowest BCUT2D eigenvalue weighted by atomic mass is 9.78. The van der Waals surface area contributed by atoms with Crippen molar-refractivity contribution in [1.82, 2.24) is 20.5 Å². The zero-order valence-corrected chi connectivity index (χ0v) is 28.5. The van der Waals surface area contributed by atoms with Crippen LogP contribution in [0.15, 0.2) is 57.9 Å². The maximum Gasteiger partial charge on any atom is 0.266 e. The Bertz CT molecular complexity index is 1580. The maximum absolute atomic E-state index is 14.2. The highest BCUT2D eigenvalue weighted by Crippen LogP contribution is 2.39. The number of amides is 2. The van der Waals surface area contributed by atoms with Crippen LogP contribution in [0.4, 0.5) is 0 Å². The highest BCUT2D eigenvalue weighted by molar-refractivity contribution is 8.12. The minimum atomic E-state index is -0.890. The number of ketones is 1. The molecule has 1 unspecified atom stereocenters. The number of nitrogens with one attached hydrogen (secondary N) is 2. The number of nitrogens with two attached hydrogens (primary N) is 1. The molecule has 0 spiro atoms. The standard InChI is InChI=1S/C35H43ClN6O5S/c36-25-12-10-23(11-13-25)20-46-26-16-29(42(19-26)31(43)17-35(21-48-22-39-35)24-6-5-15-38-18-24)33(45)40-28(8-3-4-14-37)32(44)34-41-27-7-1-2-9-30(27)47-34/h1-2,7,9-13,22,24,26,28-29,38H,3-6,8,14-21,37H2,(H,40,45)/t24-,26-,28+,29+,35?/m1/s1. The molecule has 2 amide bonds. The lowest BCUT2D eigenvalue weighted by Gasteiger charge is -2.38. The molecule has 1 aromatic heterocycles. The number of aromatic nitrogens is 1. The number of hydrogen-bond acceptors (Lipinski definition) is 10. The van der Waals surface area contributed by atoms with E-state index in [4.69, 9.17) is 31.5 Å². The van der Waals surface area contributed by atoms with E-state index in [1.54, 1.807) is 40.9 Å². The third-order valence-corrected chi connectivity index (χ3v) is 10.8.